The van der Waals surface area contributed by atoms with E-state index >= 15 is 0 Å². The van der Waals surface area contributed by atoms with Crippen LogP contribution in [0.2, 0.25) is 130 Å². The van der Waals surface area contributed by atoms with Gasteiger partial charge in [0.05, 0.1) is 0 Å². The Bertz CT molecular complexity index is 405. The Balaban J connectivity index is 6.89. The quantitative estimate of drug-likeness (QED) is 0.267. The summed E-state index contributed by atoms with van der Waals surface area (Å²) in [5, 5.41) is 0. The summed E-state index contributed by atoms with van der Waals surface area (Å²) >= 11 is 0. The van der Waals surface area contributed by atoms with Crippen LogP contribution in [0.1, 0.15) is 0 Å². The molecule has 8 heteroatoms. The van der Waals surface area contributed by atoms with Gasteiger partial charge in [0.15, 0.2) is 0 Å². The van der Waals surface area contributed by atoms with Gasteiger partial charge in [-0.1, -0.05) is 130 Å². The molecule has 0 aromatic heterocycles. The molecule has 0 spiro atoms. The molecule has 0 aliphatic heterocycles. The maximum atomic E-state index is 2.80. The molecule has 28 heavy (non-hydrogen) atoms. The largest absolute Gasteiger partial charge is 0.0718 e. The van der Waals surface area contributed by atoms with Crippen LogP contribution < -0.4 is 0 Å². The molecule has 0 rings (SSSR count). The summed E-state index contributed by atoms with van der Waals surface area (Å²) < 4.78 is 0. The van der Waals surface area contributed by atoms with E-state index in [0.717, 1.165) is 0 Å². The summed E-state index contributed by atoms with van der Waals surface area (Å²) in [6, 6.07) is 3.50. The predicted octanol–water partition coefficient (Wildman–Crippen LogP) is 8.38. The lowest BCUT2D eigenvalue weighted by Crippen LogP contribution is -2.86. The molecular weight excluding hydrogens is 465 g/mol. The third kappa shape index (κ3) is 5.04. The van der Waals surface area contributed by atoms with E-state index in [1.54, 1.807) is 12.1 Å². The van der Waals surface area contributed by atoms with Crippen LogP contribution in [0, 0.1) is 0 Å². The van der Waals surface area contributed by atoms with E-state index in [9.17, 15) is 0 Å². The molecule has 0 unspecified atom stereocenters. The predicted molar refractivity (Wildman–Crippen MR) is 161 cm³/mol. The third-order valence-electron chi connectivity index (χ3n) is 8.56. The fourth-order valence-electron chi connectivity index (χ4n) is 9.38. The highest BCUT2D eigenvalue weighted by Crippen LogP contribution is 2.47. The highest BCUT2D eigenvalue weighted by Gasteiger charge is 2.65. The summed E-state index contributed by atoms with van der Waals surface area (Å²) in [7, 11) is -6.92. The maximum absolute atomic E-state index is 2.80. The SMILES string of the molecule is C[Si](C)(C)[Si](CC[Si]([Si](C)(C)C)([Si](C)(C)C)[Si](C)(C)C)([Si](C)(C)C)[Si](C)(C)C. The summed E-state index contributed by atoms with van der Waals surface area (Å²) in [6.45, 7) is 48.0. The Kier molecular flexibility index (Phi) is 8.77. The minimum absolute atomic E-state index is 1.15. The van der Waals surface area contributed by atoms with Crippen LogP contribution in [-0.2, 0) is 0 Å². The topological polar surface area (TPSA) is 0 Å². The van der Waals surface area contributed by atoms with Crippen molar-refractivity contribution < 1.29 is 0 Å². The van der Waals surface area contributed by atoms with Crippen LogP contribution in [0.5, 0.6) is 0 Å². The minimum atomic E-state index is -1.23. The number of hydrogen-bond donors (Lipinski definition) is 0. The lowest BCUT2D eigenvalue weighted by atomic mass is 11.0. The van der Waals surface area contributed by atoms with E-state index in [-0.39, 0.29) is 0 Å². The van der Waals surface area contributed by atoms with Crippen LogP contribution in [-0.4, -0.2) is 58.8 Å². The van der Waals surface area contributed by atoms with E-state index in [1.165, 1.54) is 0 Å². The maximum Gasteiger partial charge on any atom is 0.0371 e. The molecule has 170 valence electrons. The van der Waals surface area contributed by atoms with Gasteiger partial charge in [0.1, 0.15) is 0 Å². The van der Waals surface area contributed by atoms with Gasteiger partial charge in [-0.3, -0.25) is 0 Å². The second kappa shape index (κ2) is 8.26. The van der Waals surface area contributed by atoms with Crippen molar-refractivity contribution in [3.63, 3.8) is 0 Å². The van der Waals surface area contributed by atoms with E-state index in [2.05, 4.69) is 118 Å². The van der Waals surface area contributed by atoms with Crippen LogP contribution in [0.4, 0.5) is 0 Å². The average Bonchev–Trinajstić information content (AvgIpc) is 2.23. The van der Waals surface area contributed by atoms with Gasteiger partial charge in [-0.05, 0) is 0 Å². The Morgan fingerprint density at radius 2 is 0.357 bits per heavy atom. The number of rotatable bonds is 9. The Morgan fingerprint density at radius 3 is 0.429 bits per heavy atom. The average molecular weight is 523 g/mol. The summed E-state index contributed by atoms with van der Waals surface area (Å²) in [5.74, 6) is 0. The van der Waals surface area contributed by atoms with Crippen molar-refractivity contribution in [1.29, 1.82) is 0 Å². The molecule has 0 aliphatic rings. The van der Waals surface area contributed by atoms with Crippen molar-refractivity contribution in [2.75, 3.05) is 0 Å². The first kappa shape index (κ1) is 29.7. The van der Waals surface area contributed by atoms with Gasteiger partial charge >= 0.3 is 0 Å². The van der Waals surface area contributed by atoms with Gasteiger partial charge in [0.2, 0.25) is 0 Å². The van der Waals surface area contributed by atoms with Crippen LogP contribution >= 0.6 is 0 Å². The molecule has 0 saturated heterocycles. The zero-order valence-electron chi connectivity index (χ0n) is 23.4. The standard InChI is InChI=1S/C20H58Si8/c1-21(2,3)27(22(4,5)6,23(7,8)9)19-20-28(24(10,11)12,25(13,14)15)26(16,17)18/h19-20H2,1-18H3. The molecular formula is C20H58Si8. The van der Waals surface area contributed by atoms with Gasteiger partial charge in [0.25, 0.3) is 0 Å². The molecule has 0 nitrogen and oxygen atoms in total. The van der Waals surface area contributed by atoms with Crippen molar-refractivity contribution in [3.8, 4) is 0 Å². The fraction of sp³-hybridized carbons (Fsp3) is 1.00. The zero-order valence-corrected chi connectivity index (χ0v) is 31.4. The molecule has 0 bridgehead atoms. The van der Waals surface area contributed by atoms with E-state index in [4.69, 9.17) is 0 Å². The first-order valence-electron chi connectivity index (χ1n) is 11.7. The van der Waals surface area contributed by atoms with E-state index in [0.29, 0.717) is 0 Å². The Morgan fingerprint density at radius 1 is 0.250 bits per heavy atom. The highest BCUT2D eigenvalue weighted by molar-refractivity contribution is 7.91. The van der Waals surface area contributed by atoms with Crippen molar-refractivity contribution in [2.24, 2.45) is 0 Å². The van der Waals surface area contributed by atoms with Crippen molar-refractivity contribution in [3.05, 3.63) is 0 Å². The first-order chi connectivity index (χ1) is 11.7. The van der Waals surface area contributed by atoms with Gasteiger partial charge in [-0.15, -0.1) is 0 Å². The third-order valence-corrected chi connectivity index (χ3v) is 158. The van der Waals surface area contributed by atoms with E-state index in [1.807, 2.05) is 0 Å². The normalized spacial score (nSPS) is 16.5. The van der Waals surface area contributed by atoms with Crippen molar-refractivity contribution >= 4 is 58.8 Å². The summed E-state index contributed by atoms with van der Waals surface area (Å²) in [6.07, 6.45) is 0. The lowest BCUT2D eigenvalue weighted by molar-refractivity contribution is 1.36. The molecule has 0 aromatic carbocycles. The second-order valence-electron chi connectivity index (χ2n) is 15.8. The molecule has 0 heterocycles. The molecule has 0 saturated carbocycles. The molecule has 0 radical (unpaired) electrons. The molecule has 0 aromatic rings. The molecule has 0 atom stereocenters. The smallest absolute Gasteiger partial charge is 0.0371 e. The second-order valence-corrected chi connectivity index (χ2v) is 98.8. The first-order valence-corrected chi connectivity index (χ1v) is 43.1. The zero-order chi connectivity index (χ0) is 23.4. The molecule has 0 N–H and O–H groups in total. The minimum Gasteiger partial charge on any atom is -0.0718 e. The fourth-order valence-corrected chi connectivity index (χ4v) is 213. The highest BCUT2D eigenvalue weighted by atomic mass is 29.9. The van der Waals surface area contributed by atoms with E-state index < -0.39 is 58.8 Å². The molecule has 0 fully saturated rings. The van der Waals surface area contributed by atoms with Crippen LogP contribution in [0.3, 0.4) is 0 Å². The van der Waals surface area contributed by atoms with Crippen LogP contribution in [0.15, 0.2) is 0 Å². The van der Waals surface area contributed by atoms with Crippen molar-refractivity contribution in [2.45, 2.75) is 130 Å². The summed E-state index contributed by atoms with van der Waals surface area (Å²) in [4.78, 5) is 0. The number of hydrogen-bond acceptors (Lipinski definition) is 0. The lowest BCUT2D eigenvalue weighted by Gasteiger charge is -2.62. The monoisotopic (exact) mass is 522 g/mol. The molecule has 0 aliphatic carbocycles. The van der Waals surface area contributed by atoms with Gasteiger partial charge in [0, 0.05) is 58.8 Å². The van der Waals surface area contributed by atoms with Gasteiger partial charge in [-0.2, -0.15) is 0 Å². The Hall–Kier alpha value is 1.74. The summed E-state index contributed by atoms with van der Waals surface area (Å²) in [5.41, 5.74) is 0. The Labute approximate surface area is 187 Å². The van der Waals surface area contributed by atoms with Crippen LogP contribution in [0.25, 0.3) is 0 Å². The molecule has 0 amide bonds. The van der Waals surface area contributed by atoms with Gasteiger partial charge < -0.3 is 0 Å². The van der Waals surface area contributed by atoms with Gasteiger partial charge in [-0.25, -0.2) is 0 Å². The van der Waals surface area contributed by atoms with Crippen molar-refractivity contribution in [1.82, 2.24) is 0 Å².